The van der Waals surface area contributed by atoms with Gasteiger partial charge in [-0.25, -0.2) is 8.42 Å². The highest BCUT2D eigenvalue weighted by Crippen LogP contribution is 2.45. The van der Waals surface area contributed by atoms with E-state index in [1.165, 1.54) is 0 Å². The summed E-state index contributed by atoms with van der Waals surface area (Å²) in [5.41, 5.74) is -0.401. The van der Waals surface area contributed by atoms with Crippen LogP contribution >= 0.6 is 0 Å². The largest absolute Gasteiger partial charge is 0.273 e. The van der Waals surface area contributed by atoms with Crippen LogP contribution in [0, 0.1) is 5.41 Å². The molecule has 0 aromatic carbocycles. The third-order valence-corrected chi connectivity index (χ3v) is 4.57. The minimum absolute atomic E-state index is 0.307. The van der Waals surface area contributed by atoms with Crippen LogP contribution in [0.4, 0.5) is 0 Å². The van der Waals surface area contributed by atoms with Gasteiger partial charge in [0.15, 0.2) is 0 Å². The van der Waals surface area contributed by atoms with E-state index in [0.717, 1.165) is 12.8 Å². The van der Waals surface area contributed by atoms with Crippen LogP contribution in [0.25, 0.3) is 0 Å². The number of amides is 1. The summed E-state index contributed by atoms with van der Waals surface area (Å²) in [5.74, 6) is -0.320. The zero-order chi connectivity index (χ0) is 9.69. The number of rotatable bonds is 3. The number of sulfonamides is 1. The van der Waals surface area contributed by atoms with Crippen molar-refractivity contribution in [1.82, 2.24) is 4.72 Å². The molecule has 0 saturated heterocycles. The van der Waals surface area contributed by atoms with Crippen LogP contribution in [0.3, 0.4) is 0 Å². The molecule has 74 valence electrons. The lowest BCUT2D eigenvalue weighted by Crippen LogP contribution is -2.37. The molecule has 0 aromatic heterocycles. The number of nitrogens with one attached hydrogen (secondary N) is 1. The Balaban J connectivity index is 2.01. The molecule has 2 rings (SSSR count). The first-order chi connectivity index (χ1) is 5.94. The Kier molecular flexibility index (Phi) is 1.71. The molecule has 2 fully saturated rings. The van der Waals surface area contributed by atoms with Crippen molar-refractivity contribution < 1.29 is 13.2 Å². The molecule has 0 radical (unpaired) electrons. The Morgan fingerprint density at radius 2 is 1.92 bits per heavy atom. The Hall–Kier alpha value is -0.580. The van der Waals surface area contributed by atoms with E-state index in [-0.39, 0.29) is 11.2 Å². The number of carbonyl (C=O) groups excluding carboxylic acids is 1. The van der Waals surface area contributed by atoms with Crippen LogP contribution in [0.15, 0.2) is 0 Å². The Morgan fingerprint density at radius 1 is 1.38 bits per heavy atom. The Bertz CT molecular complexity index is 338. The van der Waals surface area contributed by atoms with Gasteiger partial charge < -0.3 is 0 Å². The maximum atomic E-state index is 11.4. The summed E-state index contributed by atoms with van der Waals surface area (Å²) in [6.07, 6.45) is 3.00. The van der Waals surface area contributed by atoms with E-state index >= 15 is 0 Å². The van der Waals surface area contributed by atoms with Gasteiger partial charge in [0.2, 0.25) is 15.9 Å². The molecule has 0 unspecified atom stereocenters. The second kappa shape index (κ2) is 2.47. The molecule has 1 N–H and O–H groups in total. The first kappa shape index (κ1) is 8.99. The smallest absolute Gasteiger partial charge is 0.239 e. The first-order valence-electron chi connectivity index (χ1n) is 4.50. The number of carbonyl (C=O) groups is 1. The second-order valence-corrected chi connectivity index (χ2v) is 6.20. The normalized spacial score (nSPS) is 25.3. The van der Waals surface area contributed by atoms with Crippen LogP contribution in [0.2, 0.25) is 0 Å². The highest BCUT2D eigenvalue weighted by atomic mass is 32.2. The highest BCUT2D eigenvalue weighted by molar-refractivity contribution is 7.90. The van der Waals surface area contributed by atoms with Crippen LogP contribution in [-0.4, -0.2) is 19.6 Å². The quantitative estimate of drug-likeness (QED) is 0.722. The van der Waals surface area contributed by atoms with Gasteiger partial charge in [0, 0.05) is 5.41 Å². The van der Waals surface area contributed by atoms with Gasteiger partial charge in [-0.15, -0.1) is 0 Å². The van der Waals surface area contributed by atoms with E-state index in [1.54, 1.807) is 6.92 Å². The molecule has 0 aliphatic heterocycles. The molecule has 2 aliphatic carbocycles. The molecule has 13 heavy (non-hydrogen) atoms. The monoisotopic (exact) mass is 203 g/mol. The molecule has 0 spiro atoms. The third kappa shape index (κ3) is 1.70. The van der Waals surface area contributed by atoms with Gasteiger partial charge in [0.25, 0.3) is 0 Å². The van der Waals surface area contributed by atoms with Crippen molar-refractivity contribution in [2.45, 2.75) is 37.9 Å². The molecule has 0 atom stereocenters. The number of hydrogen-bond acceptors (Lipinski definition) is 3. The topological polar surface area (TPSA) is 63.2 Å². The first-order valence-corrected chi connectivity index (χ1v) is 6.05. The Labute approximate surface area is 77.8 Å². The van der Waals surface area contributed by atoms with Crippen LogP contribution < -0.4 is 4.72 Å². The zero-order valence-corrected chi connectivity index (χ0v) is 8.36. The van der Waals surface area contributed by atoms with Gasteiger partial charge in [-0.2, -0.15) is 0 Å². The van der Waals surface area contributed by atoms with E-state index in [4.69, 9.17) is 0 Å². The predicted octanol–water partition coefficient (Wildman–Crippen LogP) is 0.395. The van der Waals surface area contributed by atoms with E-state index in [0.29, 0.717) is 12.8 Å². The minimum Gasteiger partial charge on any atom is -0.273 e. The summed E-state index contributed by atoms with van der Waals surface area (Å²) in [4.78, 5) is 11.4. The molecule has 0 heterocycles. The average Bonchev–Trinajstić information content (AvgIpc) is 2.78. The predicted molar refractivity (Wildman–Crippen MR) is 47.4 cm³/mol. The summed E-state index contributed by atoms with van der Waals surface area (Å²) in [5, 5.41) is -0.307. The van der Waals surface area contributed by atoms with Gasteiger partial charge in [-0.1, -0.05) is 6.92 Å². The van der Waals surface area contributed by atoms with E-state index in [9.17, 15) is 13.2 Å². The van der Waals surface area contributed by atoms with Crippen LogP contribution in [-0.2, 0) is 14.8 Å². The summed E-state index contributed by atoms with van der Waals surface area (Å²) >= 11 is 0. The maximum Gasteiger partial charge on any atom is 0.239 e. The van der Waals surface area contributed by atoms with Crippen molar-refractivity contribution in [3.63, 3.8) is 0 Å². The highest BCUT2D eigenvalue weighted by Gasteiger charge is 2.48. The molecule has 0 aromatic rings. The van der Waals surface area contributed by atoms with Crippen LogP contribution in [0.1, 0.15) is 32.6 Å². The fourth-order valence-electron chi connectivity index (χ4n) is 1.13. The summed E-state index contributed by atoms with van der Waals surface area (Å²) in [6.45, 7) is 1.80. The van der Waals surface area contributed by atoms with Crippen molar-refractivity contribution >= 4 is 15.9 Å². The van der Waals surface area contributed by atoms with E-state index < -0.39 is 15.4 Å². The van der Waals surface area contributed by atoms with Crippen molar-refractivity contribution in [3.8, 4) is 0 Å². The molecule has 0 bridgehead atoms. The molecule has 2 aliphatic rings. The fraction of sp³-hybridized carbons (Fsp3) is 0.875. The lowest BCUT2D eigenvalue weighted by atomic mass is 10.1. The average molecular weight is 203 g/mol. The van der Waals surface area contributed by atoms with E-state index in [1.807, 2.05) is 0 Å². The third-order valence-electron chi connectivity index (χ3n) is 2.75. The SMILES string of the molecule is CC1(C(=O)NS(=O)(=O)C2CC2)CC1. The molecule has 1 amide bonds. The molecule has 2 saturated carbocycles. The van der Waals surface area contributed by atoms with Crippen molar-refractivity contribution in [2.24, 2.45) is 5.41 Å². The summed E-state index contributed by atoms with van der Waals surface area (Å²) in [6, 6.07) is 0. The standard InChI is InChI=1S/C8H13NO3S/c1-8(4-5-8)7(10)9-13(11,12)6-2-3-6/h6H,2-5H2,1H3,(H,9,10). The molecular weight excluding hydrogens is 190 g/mol. The maximum absolute atomic E-state index is 11.4. The van der Waals surface area contributed by atoms with Gasteiger partial charge >= 0.3 is 0 Å². The van der Waals surface area contributed by atoms with Crippen molar-refractivity contribution in [2.75, 3.05) is 0 Å². The minimum atomic E-state index is -3.33. The molecule has 5 heteroatoms. The number of hydrogen-bond donors (Lipinski definition) is 1. The van der Waals surface area contributed by atoms with Gasteiger partial charge in [0.05, 0.1) is 5.25 Å². The van der Waals surface area contributed by atoms with Crippen molar-refractivity contribution in [1.29, 1.82) is 0 Å². The van der Waals surface area contributed by atoms with Crippen molar-refractivity contribution in [3.05, 3.63) is 0 Å². The zero-order valence-electron chi connectivity index (χ0n) is 7.54. The molecule has 4 nitrogen and oxygen atoms in total. The summed E-state index contributed by atoms with van der Waals surface area (Å²) in [7, 11) is -3.33. The fourth-order valence-corrected chi connectivity index (χ4v) is 2.56. The Morgan fingerprint density at radius 3 is 2.31 bits per heavy atom. The molecular formula is C8H13NO3S. The van der Waals surface area contributed by atoms with Gasteiger partial charge in [0.1, 0.15) is 0 Å². The summed E-state index contributed by atoms with van der Waals surface area (Å²) < 4.78 is 24.8. The lowest BCUT2D eigenvalue weighted by Gasteiger charge is -2.09. The van der Waals surface area contributed by atoms with E-state index in [2.05, 4.69) is 4.72 Å². The van der Waals surface area contributed by atoms with Crippen LogP contribution in [0.5, 0.6) is 0 Å². The lowest BCUT2D eigenvalue weighted by molar-refractivity contribution is -0.123. The van der Waals surface area contributed by atoms with Gasteiger partial charge in [-0.3, -0.25) is 9.52 Å². The second-order valence-electron chi connectivity index (χ2n) is 4.24. The van der Waals surface area contributed by atoms with Gasteiger partial charge in [-0.05, 0) is 25.7 Å².